The molecule has 3 aromatic rings. The van der Waals surface area contributed by atoms with Crippen molar-refractivity contribution < 1.29 is 14.3 Å². The average molecular weight is 501 g/mol. The molecule has 0 unspecified atom stereocenters. The molecule has 0 saturated heterocycles. The van der Waals surface area contributed by atoms with Gasteiger partial charge in [-0.2, -0.15) is 0 Å². The molecule has 9 heteroatoms. The summed E-state index contributed by atoms with van der Waals surface area (Å²) in [4.78, 5) is 21.8. The number of carbonyl (C=O) groups excluding carboxylic acids is 1. The number of nitrogens with two attached hydrogens (primary N) is 1. The van der Waals surface area contributed by atoms with Crippen LogP contribution in [0.4, 0.5) is 11.5 Å². The van der Waals surface area contributed by atoms with Crippen LogP contribution >= 0.6 is 0 Å². The minimum absolute atomic E-state index is 0.0549. The SMILES string of the molecule is CCC(CC)NC(=O)COc1cccc(-c2nc3c(c(Nc4ccc(/C(C=N)=C/N)cc4)n2)COC3)c1. The predicted molar refractivity (Wildman–Crippen MR) is 145 cm³/mol. The Morgan fingerprint density at radius 1 is 1.16 bits per heavy atom. The Morgan fingerprint density at radius 3 is 2.65 bits per heavy atom. The molecule has 2 heterocycles. The molecule has 5 N–H and O–H groups in total. The first-order valence-electron chi connectivity index (χ1n) is 12.3. The van der Waals surface area contributed by atoms with Crippen molar-refractivity contribution >= 4 is 29.2 Å². The van der Waals surface area contributed by atoms with E-state index in [0.717, 1.165) is 40.9 Å². The first-order chi connectivity index (χ1) is 18.0. The second-order valence-electron chi connectivity index (χ2n) is 8.68. The van der Waals surface area contributed by atoms with Crippen LogP contribution in [0, 0.1) is 5.41 Å². The fraction of sp³-hybridized carbons (Fsp3) is 0.286. The Kier molecular flexibility index (Phi) is 8.48. The number of allylic oxidation sites excluding steroid dienone is 1. The molecule has 0 aliphatic carbocycles. The Labute approximate surface area is 216 Å². The average Bonchev–Trinajstić information content (AvgIpc) is 3.41. The summed E-state index contributed by atoms with van der Waals surface area (Å²) in [7, 11) is 0. The summed E-state index contributed by atoms with van der Waals surface area (Å²) in [6, 6.07) is 15.2. The highest BCUT2D eigenvalue weighted by Gasteiger charge is 2.21. The molecule has 0 radical (unpaired) electrons. The van der Waals surface area contributed by atoms with Crippen molar-refractivity contribution in [3.63, 3.8) is 0 Å². The fourth-order valence-corrected chi connectivity index (χ4v) is 4.03. The summed E-state index contributed by atoms with van der Waals surface area (Å²) >= 11 is 0. The van der Waals surface area contributed by atoms with E-state index in [2.05, 4.69) is 10.6 Å². The third kappa shape index (κ3) is 6.31. The number of benzene rings is 2. The van der Waals surface area contributed by atoms with Gasteiger partial charge in [0.25, 0.3) is 5.91 Å². The number of hydrogen-bond donors (Lipinski definition) is 4. The number of ether oxygens (including phenoxy) is 2. The molecule has 37 heavy (non-hydrogen) atoms. The van der Waals surface area contributed by atoms with Gasteiger partial charge in [0.05, 0.1) is 18.9 Å². The standard InChI is InChI=1S/C28H32N6O3/c1-3-21(4-2)31-26(35)17-37-23-7-5-6-19(12-23)27-33-25-16-36-15-24(25)28(34-27)32-22-10-8-18(9-11-22)20(13-29)14-30/h5-14,21,29H,3-4,15-17,30H2,1-2H3,(H,31,35)(H,32,33,34)/b20-14+,29-13?. The number of fused-ring (bicyclic) bond motifs is 1. The Bertz CT molecular complexity index is 1290. The molecule has 1 aliphatic heterocycles. The number of aromatic nitrogens is 2. The van der Waals surface area contributed by atoms with Gasteiger partial charge in [-0.15, -0.1) is 0 Å². The van der Waals surface area contributed by atoms with Crippen LogP contribution in [0.5, 0.6) is 5.75 Å². The third-order valence-electron chi connectivity index (χ3n) is 6.21. The molecule has 0 spiro atoms. The van der Waals surface area contributed by atoms with Crippen molar-refractivity contribution in [1.29, 1.82) is 5.41 Å². The first kappa shape index (κ1) is 25.8. The Hall–Kier alpha value is -4.24. The monoisotopic (exact) mass is 500 g/mol. The molecule has 9 nitrogen and oxygen atoms in total. The molecule has 0 bridgehead atoms. The zero-order valence-electron chi connectivity index (χ0n) is 21.1. The number of hydrogen-bond acceptors (Lipinski definition) is 8. The molecule has 0 atom stereocenters. The highest BCUT2D eigenvalue weighted by Crippen LogP contribution is 2.31. The van der Waals surface area contributed by atoms with Gasteiger partial charge < -0.3 is 31.3 Å². The molecule has 1 amide bonds. The topological polar surface area (TPSA) is 135 Å². The molecular formula is C28H32N6O3. The molecule has 0 saturated carbocycles. The minimum Gasteiger partial charge on any atom is -0.484 e. The number of amides is 1. The van der Waals surface area contributed by atoms with Crippen LogP contribution in [0.2, 0.25) is 0 Å². The second kappa shape index (κ2) is 12.1. The van der Waals surface area contributed by atoms with Crippen molar-refractivity contribution in [3.8, 4) is 17.1 Å². The van der Waals surface area contributed by atoms with Crippen molar-refractivity contribution in [3.05, 3.63) is 71.6 Å². The summed E-state index contributed by atoms with van der Waals surface area (Å²) in [6.07, 6.45) is 4.40. The van der Waals surface area contributed by atoms with Crippen LogP contribution in [-0.2, 0) is 22.7 Å². The maximum Gasteiger partial charge on any atom is 0.258 e. The zero-order valence-corrected chi connectivity index (χ0v) is 21.1. The summed E-state index contributed by atoms with van der Waals surface area (Å²) in [5, 5.41) is 13.8. The van der Waals surface area contributed by atoms with Gasteiger partial charge in [-0.05, 0) is 42.7 Å². The van der Waals surface area contributed by atoms with E-state index >= 15 is 0 Å². The van der Waals surface area contributed by atoms with Gasteiger partial charge in [0, 0.05) is 40.8 Å². The lowest BCUT2D eigenvalue weighted by atomic mass is 10.1. The number of anilines is 2. The molecule has 1 aliphatic rings. The van der Waals surface area contributed by atoms with Crippen molar-refractivity contribution in [2.45, 2.75) is 45.9 Å². The van der Waals surface area contributed by atoms with E-state index in [4.69, 9.17) is 30.6 Å². The van der Waals surface area contributed by atoms with Crippen molar-refractivity contribution in [2.24, 2.45) is 5.73 Å². The summed E-state index contributed by atoms with van der Waals surface area (Å²) in [5.41, 5.74) is 10.4. The van der Waals surface area contributed by atoms with Crippen molar-refractivity contribution in [2.75, 3.05) is 11.9 Å². The van der Waals surface area contributed by atoms with E-state index in [-0.39, 0.29) is 18.6 Å². The molecule has 192 valence electrons. The Morgan fingerprint density at radius 2 is 1.95 bits per heavy atom. The number of carbonyl (C=O) groups is 1. The summed E-state index contributed by atoms with van der Waals surface area (Å²) in [6.45, 7) is 4.88. The lowest BCUT2D eigenvalue weighted by Gasteiger charge is -2.15. The van der Waals surface area contributed by atoms with Gasteiger partial charge in [-0.25, -0.2) is 9.97 Å². The Balaban J connectivity index is 1.53. The van der Waals surface area contributed by atoms with E-state index < -0.39 is 0 Å². The van der Waals surface area contributed by atoms with Crippen molar-refractivity contribution in [1.82, 2.24) is 15.3 Å². The lowest BCUT2D eigenvalue weighted by Crippen LogP contribution is -2.37. The van der Waals surface area contributed by atoms with E-state index in [9.17, 15) is 4.79 Å². The van der Waals surface area contributed by atoms with E-state index in [0.29, 0.717) is 36.2 Å². The van der Waals surface area contributed by atoms with E-state index in [1.54, 1.807) is 0 Å². The summed E-state index contributed by atoms with van der Waals surface area (Å²) in [5.74, 6) is 1.63. The smallest absolute Gasteiger partial charge is 0.258 e. The highest BCUT2D eigenvalue weighted by atomic mass is 16.5. The van der Waals surface area contributed by atoms with Crippen LogP contribution in [0.25, 0.3) is 17.0 Å². The fourth-order valence-electron chi connectivity index (χ4n) is 4.03. The first-order valence-corrected chi connectivity index (χ1v) is 12.3. The van der Waals surface area contributed by atoms with E-state index in [1.807, 2.05) is 62.4 Å². The maximum atomic E-state index is 12.2. The van der Waals surface area contributed by atoms with Gasteiger partial charge in [-0.1, -0.05) is 38.1 Å². The van der Waals surface area contributed by atoms with Gasteiger partial charge in [0.1, 0.15) is 11.6 Å². The molecule has 2 aromatic carbocycles. The second-order valence-corrected chi connectivity index (χ2v) is 8.68. The molecule has 4 rings (SSSR count). The van der Waals surface area contributed by atoms with Crippen LogP contribution in [0.1, 0.15) is 43.5 Å². The van der Waals surface area contributed by atoms with Gasteiger partial charge in [-0.3, -0.25) is 4.79 Å². The quantitative estimate of drug-likeness (QED) is 0.284. The molecule has 0 fully saturated rings. The van der Waals surface area contributed by atoms with Gasteiger partial charge in [0.2, 0.25) is 0 Å². The minimum atomic E-state index is -0.141. The predicted octanol–water partition coefficient (Wildman–Crippen LogP) is 4.55. The largest absolute Gasteiger partial charge is 0.484 e. The normalized spacial score (nSPS) is 12.8. The van der Waals surface area contributed by atoms with E-state index in [1.165, 1.54) is 12.4 Å². The van der Waals surface area contributed by atoms with Gasteiger partial charge in [0.15, 0.2) is 12.4 Å². The van der Waals surface area contributed by atoms with Crippen LogP contribution in [0.15, 0.2) is 54.7 Å². The summed E-state index contributed by atoms with van der Waals surface area (Å²) < 4.78 is 11.4. The molecule has 1 aromatic heterocycles. The number of nitrogens with one attached hydrogen (secondary N) is 3. The highest BCUT2D eigenvalue weighted by molar-refractivity contribution is 6.08. The van der Waals surface area contributed by atoms with Crippen LogP contribution in [-0.4, -0.2) is 34.7 Å². The number of nitrogens with zero attached hydrogens (tertiary/aromatic N) is 2. The maximum absolute atomic E-state index is 12.2. The molecular weight excluding hydrogens is 468 g/mol. The third-order valence-corrected chi connectivity index (χ3v) is 6.21. The van der Waals surface area contributed by atoms with Crippen LogP contribution < -0.4 is 21.1 Å². The zero-order chi connectivity index (χ0) is 26.2. The number of rotatable bonds is 11. The lowest BCUT2D eigenvalue weighted by molar-refractivity contribution is -0.123. The van der Waals surface area contributed by atoms with Crippen LogP contribution in [0.3, 0.4) is 0 Å². The van der Waals surface area contributed by atoms with Gasteiger partial charge >= 0.3 is 0 Å².